The standard InChI is InChI=1S/C38H35F2N5O3/c39-31-9-6-27(7-10-31)36(23-37(46)47)45(38(48)30-5-2-16-42-24-30)25-26-3-1-4-28(21-26)29-8-15-35(34(41)22-29)44-19-17-43(18-20-44)33-13-11-32(40)12-14-33/h1-16,21-22,24,36H,17-20,23,25,41H2,(H,46,47). The Hall–Kier alpha value is -5.77. The molecule has 0 radical (unpaired) electrons. The first kappa shape index (κ1) is 32.2. The Morgan fingerprint density at radius 3 is 2.12 bits per heavy atom. The van der Waals surface area contributed by atoms with Crippen LogP contribution in [0.15, 0.2) is 116 Å². The molecule has 1 unspecified atom stereocenters. The summed E-state index contributed by atoms with van der Waals surface area (Å²) in [4.78, 5) is 36.0. The number of carboxylic acid groups (broad SMARTS) is 1. The number of hydrogen-bond acceptors (Lipinski definition) is 6. The van der Waals surface area contributed by atoms with Crippen molar-refractivity contribution in [2.45, 2.75) is 19.0 Å². The zero-order valence-electron chi connectivity index (χ0n) is 26.2. The van der Waals surface area contributed by atoms with E-state index in [0.717, 1.165) is 54.2 Å². The number of aromatic nitrogens is 1. The molecule has 3 N–H and O–H groups in total. The van der Waals surface area contributed by atoms with Gasteiger partial charge in [0.1, 0.15) is 11.6 Å². The molecule has 1 aromatic heterocycles. The highest BCUT2D eigenvalue weighted by Crippen LogP contribution is 2.33. The predicted molar refractivity (Wildman–Crippen MR) is 183 cm³/mol. The Balaban J connectivity index is 1.24. The summed E-state index contributed by atoms with van der Waals surface area (Å²) in [7, 11) is 0. The molecule has 48 heavy (non-hydrogen) atoms. The van der Waals surface area contributed by atoms with Gasteiger partial charge in [0.15, 0.2) is 0 Å². The maximum Gasteiger partial charge on any atom is 0.305 e. The number of carboxylic acids is 1. The molecule has 0 saturated carbocycles. The van der Waals surface area contributed by atoms with E-state index in [0.29, 0.717) is 16.8 Å². The number of nitrogen functional groups attached to an aromatic ring is 1. The first-order valence-electron chi connectivity index (χ1n) is 15.7. The van der Waals surface area contributed by atoms with Crippen molar-refractivity contribution in [2.24, 2.45) is 0 Å². The normalized spacial score (nSPS) is 13.6. The Morgan fingerprint density at radius 2 is 1.48 bits per heavy atom. The number of carbonyl (C=O) groups excluding carboxylic acids is 1. The molecule has 6 rings (SSSR count). The molecule has 5 aromatic rings. The third kappa shape index (κ3) is 7.44. The second kappa shape index (κ2) is 14.3. The fourth-order valence-electron chi connectivity index (χ4n) is 6.16. The number of pyridine rings is 1. The highest BCUT2D eigenvalue weighted by molar-refractivity contribution is 5.94. The SMILES string of the molecule is Nc1cc(-c2cccc(CN(C(=O)c3cccnc3)C(CC(=O)O)c3ccc(F)cc3)c2)ccc1N1CCN(c2ccc(F)cc2)CC1. The van der Waals surface area contributed by atoms with Crippen molar-refractivity contribution in [2.75, 3.05) is 41.7 Å². The molecule has 1 atom stereocenters. The fraction of sp³-hybridized carbons (Fsp3) is 0.184. The number of halogens is 2. The Labute approximate surface area is 277 Å². The Bertz CT molecular complexity index is 1880. The predicted octanol–water partition coefficient (Wildman–Crippen LogP) is 6.79. The molecule has 0 bridgehead atoms. The molecule has 1 amide bonds. The molecule has 10 heteroatoms. The van der Waals surface area contributed by atoms with E-state index in [2.05, 4.69) is 14.8 Å². The number of piperazine rings is 1. The zero-order valence-corrected chi connectivity index (χ0v) is 26.2. The quantitative estimate of drug-likeness (QED) is 0.161. The van der Waals surface area contributed by atoms with Gasteiger partial charge in [-0.15, -0.1) is 0 Å². The van der Waals surface area contributed by atoms with Crippen LogP contribution in [0.3, 0.4) is 0 Å². The van der Waals surface area contributed by atoms with E-state index in [9.17, 15) is 23.5 Å². The van der Waals surface area contributed by atoms with E-state index in [1.54, 1.807) is 30.5 Å². The molecular weight excluding hydrogens is 612 g/mol. The van der Waals surface area contributed by atoms with E-state index in [-0.39, 0.29) is 18.8 Å². The van der Waals surface area contributed by atoms with Crippen molar-refractivity contribution in [1.82, 2.24) is 9.88 Å². The number of carbonyl (C=O) groups is 2. The van der Waals surface area contributed by atoms with E-state index < -0.39 is 23.7 Å². The molecule has 8 nitrogen and oxygen atoms in total. The minimum absolute atomic E-state index is 0.1000. The minimum atomic E-state index is -1.09. The highest BCUT2D eigenvalue weighted by atomic mass is 19.1. The number of anilines is 3. The number of hydrogen-bond donors (Lipinski definition) is 2. The van der Waals surface area contributed by atoms with Crippen LogP contribution in [-0.2, 0) is 11.3 Å². The van der Waals surface area contributed by atoms with Gasteiger partial charge in [-0.25, -0.2) is 8.78 Å². The molecule has 0 spiro atoms. The van der Waals surface area contributed by atoms with Gasteiger partial charge in [-0.1, -0.05) is 36.4 Å². The first-order valence-corrected chi connectivity index (χ1v) is 15.7. The van der Waals surface area contributed by atoms with Crippen LogP contribution in [0.25, 0.3) is 11.1 Å². The van der Waals surface area contributed by atoms with Crippen molar-refractivity contribution in [3.8, 4) is 11.1 Å². The molecule has 1 fully saturated rings. The van der Waals surface area contributed by atoms with Crippen LogP contribution in [0.4, 0.5) is 25.8 Å². The van der Waals surface area contributed by atoms with Crippen LogP contribution < -0.4 is 15.5 Å². The second-order valence-corrected chi connectivity index (χ2v) is 11.8. The van der Waals surface area contributed by atoms with Gasteiger partial charge in [0.2, 0.25) is 0 Å². The Morgan fingerprint density at radius 1 is 0.812 bits per heavy atom. The third-order valence-electron chi connectivity index (χ3n) is 8.62. The average Bonchev–Trinajstić information content (AvgIpc) is 3.11. The van der Waals surface area contributed by atoms with Gasteiger partial charge in [0.05, 0.1) is 29.4 Å². The lowest BCUT2D eigenvalue weighted by molar-refractivity contribution is -0.138. The number of nitrogens with two attached hydrogens (primary N) is 1. The summed E-state index contributed by atoms with van der Waals surface area (Å²) in [5, 5.41) is 9.82. The number of amides is 1. The number of aliphatic carboxylic acids is 1. The molecule has 1 aliphatic rings. The second-order valence-electron chi connectivity index (χ2n) is 11.8. The maximum absolute atomic E-state index is 13.9. The minimum Gasteiger partial charge on any atom is -0.481 e. The lowest BCUT2D eigenvalue weighted by atomic mass is 9.98. The average molecular weight is 648 g/mol. The van der Waals surface area contributed by atoms with Crippen molar-refractivity contribution < 1.29 is 23.5 Å². The number of benzene rings is 4. The van der Waals surface area contributed by atoms with Crippen molar-refractivity contribution in [3.05, 3.63) is 144 Å². The zero-order chi connectivity index (χ0) is 33.6. The summed E-state index contributed by atoms with van der Waals surface area (Å²) in [5.41, 5.74) is 12.6. The van der Waals surface area contributed by atoms with Gasteiger partial charge in [0.25, 0.3) is 5.91 Å². The van der Waals surface area contributed by atoms with E-state index in [1.807, 2.05) is 42.5 Å². The molecule has 4 aromatic carbocycles. The van der Waals surface area contributed by atoms with Crippen molar-refractivity contribution in [3.63, 3.8) is 0 Å². The molecule has 244 valence electrons. The van der Waals surface area contributed by atoms with Gasteiger partial charge in [-0.2, -0.15) is 0 Å². The summed E-state index contributed by atoms with van der Waals surface area (Å²) < 4.78 is 27.2. The van der Waals surface area contributed by atoms with Gasteiger partial charge >= 0.3 is 5.97 Å². The molecule has 2 heterocycles. The monoisotopic (exact) mass is 647 g/mol. The van der Waals surface area contributed by atoms with Gasteiger partial charge in [-0.3, -0.25) is 14.6 Å². The smallest absolute Gasteiger partial charge is 0.305 e. The largest absolute Gasteiger partial charge is 0.481 e. The Kier molecular flexibility index (Phi) is 9.61. The van der Waals surface area contributed by atoms with Gasteiger partial charge in [-0.05, 0) is 89.0 Å². The molecule has 0 aliphatic carbocycles. The molecular formula is C38H35F2N5O3. The van der Waals surface area contributed by atoms with E-state index in [4.69, 9.17) is 5.73 Å². The lowest BCUT2D eigenvalue weighted by Crippen LogP contribution is -2.46. The van der Waals surface area contributed by atoms with Crippen molar-refractivity contribution in [1.29, 1.82) is 0 Å². The summed E-state index contributed by atoms with van der Waals surface area (Å²) >= 11 is 0. The van der Waals surface area contributed by atoms with Crippen LogP contribution in [0.1, 0.15) is 33.9 Å². The van der Waals surface area contributed by atoms with Gasteiger partial charge in [0, 0.05) is 50.8 Å². The molecule has 1 aliphatic heterocycles. The maximum atomic E-state index is 13.9. The highest BCUT2D eigenvalue weighted by Gasteiger charge is 2.29. The summed E-state index contributed by atoms with van der Waals surface area (Å²) in [5.74, 6) is -2.19. The fourth-order valence-corrected chi connectivity index (χ4v) is 6.16. The summed E-state index contributed by atoms with van der Waals surface area (Å²) in [6.07, 6.45) is 2.64. The summed E-state index contributed by atoms with van der Waals surface area (Å²) in [6.45, 7) is 3.20. The summed E-state index contributed by atoms with van der Waals surface area (Å²) in [6, 6.07) is 28.2. The lowest BCUT2D eigenvalue weighted by Gasteiger charge is -2.38. The first-order chi connectivity index (χ1) is 23.2. The van der Waals surface area contributed by atoms with Crippen LogP contribution in [0.5, 0.6) is 0 Å². The third-order valence-corrected chi connectivity index (χ3v) is 8.62. The van der Waals surface area contributed by atoms with Crippen LogP contribution >= 0.6 is 0 Å². The van der Waals surface area contributed by atoms with Crippen molar-refractivity contribution >= 4 is 28.9 Å². The van der Waals surface area contributed by atoms with E-state index in [1.165, 1.54) is 47.5 Å². The van der Waals surface area contributed by atoms with Crippen LogP contribution in [0.2, 0.25) is 0 Å². The number of rotatable bonds is 10. The van der Waals surface area contributed by atoms with E-state index >= 15 is 0 Å². The number of nitrogens with zero attached hydrogens (tertiary/aromatic N) is 4. The van der Waals surface area contributed by atoms with Crippen LogP contribution in [0, 0.1) is 11.6 Å². The van der Waals surface area contributed by atoms with Crippen LogP contribution in [-0.4, -0.2) is 53.0 Å². The molecule has 1 saturated heterocycles. The van der Waals surface area contributed by atoms with Gasteiger partial charge < -0.3 is 25.5 Å². The topological polar surface area (TPSA) is 103 Å².